The summed E-state index contributed by atoms with van der Waals surface area (Å²) in [6, 6.07) is 7.83. The summed E-state index contributed by atoms with van der Waals surface area (Å²) in [5.74, 6) is 0.751. The SMILES string of the molecule is Cc1ccc(OCC(=O)N2CCOCC2C)cc1. The normalized spacial score (nSPS) is 19.7. The van der Waals surface area contributed by atoms with Crippen LogP contribution in [0.4, 0.5) is 0 Å². The highest BCUT2D eigenvalue weighted by atomic mass is 16.5. The van der Waals surface area contributed by atoms with Crippen LogP contribution in [-0.4, -0.2) is 43.2 Å². The lowest BCUT2D eigenvalue weighted by atomic mass is 10.2. The van der Waals surface area contributed by atoms with E-state index in [4.69, 9.17) is 9.47 Å². The molecular formula is C14H19NO3. The molecule has 0 bridgehead atoms. The Kier molecular flexibility index (Phi) is 4.20. The summed E-state index contributed by atoms with van der Waals surface area (Å²) in [6.07, 6.45) is 0. The first-order valence-corrected chi connectivity index (χ1v) is 6.23. The Morgan fingerprint density at radius 1 is 1.44 bits per heavy atom. The van der Waals surface area contributed by atoms with Gasteiger partial charge in [-0.15, -0.1) is 0 Å². The molecule has 1 fully saturated rings. The Labute approximate surface area is 107 Å². The number of carbonyl (C=O) groups excluding carboxylic acids is 1. The first-order valence-electron chi connectivity index (χ1n) is 6.23. The lowest BCUT2D eigenvalue weighted by Gasteiger charge is -2.33. The molecule has 4 heteroatoms. The van der Waals surface area contributed by atoms with Gasteiger partial charge in [0, 0.05) is 6.54 Å². The molecule has 1 amide bonds. The minimum absolute atomic E-state index is 0.0198. The highest BCUT2D eigenvalue weighted by Crippen LogP contribution is 2.12. The number of rotatable bonds is 3. The van der Waals surface area contributed by atoms with E-state index in [1.54, 1.807) is 0 Å². The number of hydrogen-bond acceptors (Lipinski definition) is 3. The second-order valence-corrected chi connectivity index (χ2v) is 4.61. The molecule has 18 heavy (non-hydrogen) atoms. The van der Waals surface area contributed by atoms with E-state index in [0.29, 0.717) is 19.8 Å². The lowest BCUT2D eigenvalue weighted by molar-refractivity contribution is -0.141. The highest BCUT2D eigenvalue weighted by molar-refractivity contribution is 5.78. The van der Waals surface area contributed by atoms with Gasteiger partial charge < -0.3 is 14.4 Å². The van der Waals surface area contributed by atoms with Crippen LogP contribution in [0.2, 0.25) is 0 Å². The van der Waals surface area contributed by atoms with Gasteiger partial charge >= 0.3 is 0 Å². The van der Waals surface area contributed by atoms with Gasteiger partial charge in [-0.1, -0.05) is 17.7 Å². The van der Waals surface area contributed by atoms with Crippen molar-refractivity contribution in [3.63, 3.8) is 0 Å². The topological polar surface area (TPSA) is 38.8 Å². The van der Waals surface area contributed by atoms with Crippen LogP contribution in [0.15, 0.2) is 24.3 Å². The molecule has 4 nitrogen and oxygen atoms in total. The number of aryl methyl sites for hydroxylation is 1. The van der Waals surface area contributed by atoms with E-state index < -0.39 is 0 Å². The van der Waals surface area contributed by atoms with E-state index in [1.807, 2.05) is 43.0 Å². The number of amides is 1. The van der Waals surface area contributed by atoms with Crippen molar-refractivity contribution in [2.75, 3.05) is 26.4 Å². The Balaban J connectivity index is 1.85. The molecule has 0 aromatic heterocycles. The molecule has 0 radical (unpaired) electrons. The Hall–Kier alpha value is -1.55. The predicted octanol–water partition coefficient (Wildman–Crippen LogP) is 1.62. The summed E-state index contributed by atoms with van der Waals surface area (Å²) in [6.45, 7) is 5.97. The average molecular weight is 249 g/mol. The zero-order chi connectivity index (χ0) is 13.0. The third-order valence-corrected chi connectivity index (χ3v) is 3.07. The van der Waals surface area contributed by atoms with Gasteiger partial charge in [-0.25, -0.2) is 0 Å². The number of nitrogens with zero attached hydrogens (tertiary/aromatic N) is 1. The molecule has 1 heterocycles. The number of benzene rings is 1. The van der Waals surface area contributed by atoms with Crippen LogP contribution in [0.3, 0.4) is 0 Å². The Morgan fingerprint density at radius 2 is 2.17 bits per heavy atom. The largest absolute Gasteiger partial charge is 0.484 e. The fourth-order valence-electron chi connectivity index (χ4n) is 1.96. The van der Waals surface area contributed by atoms with Crippen molar-refractivity contribution in [1.82, 2.24) is 4.90 Å². The standard InChI is InChI=1S/C14H19NO3/c1-11-3-5-13(6-4-11)18-10-14(16)15-7-8-17-9-12(15)2/h3-6,12H,7-10H2,1-2H3. The molecular weight excluding hydrogens is 230 g/mol. The molecule has 0 saturated carbocycles. The van der Waals surface area contributed by atoms with Crippen molar-refractivity contribution < 1.29 is 14.3 Å². The highest BCUT2D eigenvalue weighted by Gasteiger charge is 2.23. The molecule has 98 valence electrons. The maximum absolute atomic E-state index is 12.0. The van der Waals surface area contributed by atoms with E-state index in [0.717, 1.165) is 5.75 Å². The van der Waals surface area contributed by atoms with Crippen molar-refractivity contribution >= 4 is 5.91 Å². The van der Waals surface area contributed by atoms with Gasteiger partial charge in [0.2, 0.25) is 0 Å². The zero-order valence-corrected chi connectivity index (χ0v) is 10.9. The fraction of sp³-hybridized carbons (Fsp3) is 0.500. The van der Waals surface area contributed by atoms with Gasteiger partial charge in [0.15, 0.2) is 6.61 Å². The summed E-state index contributed by atoms with van der Waals surface area (Å²) in [5, 5.41) is 0. The van der Waals surface area contributed by atoms with E-state index in [-0.39, 0.29) is 18.6 Å². The van der Waals surface area contributed by atoms with Crippen LogP contribution in [-0.2, 0) is 9.53 Å². The number of morpholine rings is 1. The van der Waals surface area contributed by atoms with Gasteiger partial charge in [0.1, 0.15) is 5.75 Å². The van der Waals surface area contributed by atoms with E-state index in [9.17, 15) is 4.79 Å². The maximum Gasteiger partial charge on any atom is 0.260 e. The lowest BCUT2D eigenvalue weighted by Crippen LogP contribution is -2.48. The molecule has 2 rings (SSSR count). The molecule has 0 N–H and O–H groups in total. The first-order chi connectivity index (χ1) is 8.66. The van der Waals surface area contributed by atoms with Gasteiger partial charge in [-0.05, 0) is 26.0 Å². The van der Waals surface area contributed by atoms with Crippen molar-refractivity contribution in [3.8, 4) is 5.75 Å². The third kappa shape index (κ3) is 3.23. The van der Waals surface area contributed by atoms with Crippen LogP contribution < -0.4 is 4.74 Å². The third-order valence-electron chi connectivity index (χ3n) is 3.07. The zero-order valence-electron chi connectivity index (χ0n) is 10.9. The van der Waals surface area contributed by atoms with Crippen molar-refractivity contribution in [2.24, 2.45) is 0 Å². The molecule has 1 aliphatic rings. The summed E-state index contributed by atoms with van der Waals surface area (Å²) < 4.78 is 10.8. The van der Waals surface area contributed by atoms with Crippen molar-refractivity contribution in [1.29, 1.82) is 0 Å². The second kappa shape index (κ2) is 5.87. The van der Waals surface area contributed by atoms with E-state index in [1.165, 1.54) is 5.56 Å². The van der Waals surface area contributed by atoms with Gasteiger partial charge in [0.05, 0.1) is 19.3 Å². The van der Waals surface area contributed by atoms with E-state index in [2.05, 4.69) is 0 Å². The second-order valence-electron chi connectivity index (χ2n) is 4.61. The Morgan fingerprint density at radius 3 is 2.83 bits per heavy atom. The minimum Gasteiger partial charge on any atom is -0.484 e. The molecule has 1 aromatic rings. The van der Waals surface area contributed by atoms with Gasteiger partial charge in [-0.2, -0.15) is 0 Å². The predicted molar refractivity (Wildman–Crippen MR) is 68.7 cm³/mol. The molecule has 1 aromatic carbocycles. The minimum atomic E-state index is 0.0198. The summed E-state index contributed by atoms with van der Waals surface area (Å²) >= 11 is 0. The van der Waals surface area contributed by atoms with Crippen LogP contribution in [0, 0.1) is 6.92 Å². The summed E-state index contributed by atoms with van der Waals surface area (Å²) in [4.78, 5) is 13.8. The number of ether oxygens (including phenoxy) is 2. The molecule has 0 spiro atoms. The summed E-state index contributed by atoms with van der Waals surface area (Å²) in [5.41, 5.74) is 1.18. The summed E-state index contributed by atoms with van der Waals surface area (Å²) in [7, 11) is 0. The maximum atomic E-state index is 12.0. The van der Waals surface area contributed by atoms with Crippen molar-refractivity contribution in [3.05, 3.63) is 29.8 Å². The molecule has 1 aliphatic heterocycles. The average Bonchev–Trinajstić information content (AvgIpc) is 2.38. The molecule has 1 saturated heterocycles. The smallest absolute Gasteiger partial charge is 0.260 e. The van der Waals surface area contributed by atoms with Crippen LogP contribution >= 0.6 is 0 Å². The first kappa shape index (κ1) is 12.9. The van der Waals surface area contributed by atoms with E-state index >= 15 is 0 Å². The number of hydrogen-bond donors (Lipinski definition) is 0. The van der Waals surface area contributed by atoms with Crippen LogP contribution in [0.5, 0.6) is 5.75 Å². The van der Waals surface area contributed by atoms with Crippen LogP contribution in [0.1, 0.15) is 12.5 Å². The monoisotopic (exact) mass is 249 g/mol. The molecule has 0 aliphatic carbocycles. The molecule has 1 unspecified atom stereocenters. The van der Waals surface area contributed by atoms with Crippen molar-refractivity contribution in [2.45, 2.75) is 19.9 Å². The van der Waals surface area contributed by atoms with Gasteiger partial charge in [-0.3, -0.25) is 4.79 Å². The quantitative estimate of drug-likeness (QED) is 0.817. The van der Waals surface area contributed by atoms with Gasteiger partial charge in [0.25, 0.3) is 5.91 Å². The fourth-order valence-corrected chi connectivity index (χ4v) is 1.96. The Bertz CT molecular complexity index is 402. The number of carbonyl (C=O) groups is 1. The molecule has 1 atom stereocenters. The van der Waals surface area contributed by atoms with Crippen LogP contribution in [0.25, 0.3) is 0 Å².